The van der Waals surface area contributed by atoms with E-state index in [1.54, 1.807) is 11.3 Å². The molecule has 1 aromatic carbocycles. The van der Waals surface area contributed by atoms with Crippen molar-refractivity contribution in [2.75, 3.05) is 19.6 Å². The minimum atomic E-state index is 0.00224. The van der Waals surface area contributed by atoms with Crippen molar-refractivity contribution in [2.45, 2.75) is 32.2 Å². The molecule has 1 fully saturated rings. The Kier molecular flexibility index (Phi) is 6.59. The molecule has 1 saturated heterocycles. The molecule has 0 spiro atoms. The Hall–Kier alpha value is -2.51. The van der Waals surface area contributed by atoms with Crippen molar-refractivity contribution in [3.63, 3.8) is 0 Å². The van der Waals surface area contributed by atoms with Gasteiger partial charge in [-0.15, -0.1) is 11.3 Å². The van der Waals surface area contributed by atoms with Crippen LogP contribution in [0, 0.1) is 0 Å². The predicted molar refractivity (Wildman–Crippen MR) is 122 cm³/mol. The molecule has 0 radical (unpaired) electrons. The second-order valence-electron chi connectivity index (χ2n) is 7.44. The third-order valence-electron chi connectivity index (χ3n) is 5.43. The van der Waals surface area contributed by atoms with Crippen molar-refractivity contribution < 1.29 is 9.59 Å². The molecule has 5 nitrogen and oxygen atoms in total. The summed E-state index contributed by atoms with van der Waals surface area (Å²) < 4.78 is 0. The number of piperidine rings is 1. The number of benzene rings is 1. The minimum Gasteiger partial charge on any atom is -0.338 e. The number of thiophene rings is 1. The van der Waals surface area contributed by atoms with Gasteiger partial charge >= 0.3 is 0 Å². The summed E-state index contributed by atoms with van der Waals surface area (Å²) in [4.78, 5) is 34.4. The third-order valence-corrected chi connectivity index (χ3v) is 7.00. The van der Waals surface area contributed by atoms with E-state index in [0.29, 0.717) is 25.3 Å². The number of carbonyl (C=O) groups is 2. The first-order valence-corrected chi connectivity index (χ1v) is 12.1. The molecule has 30 heavy (non-hydrogen) atoms. The molecule has 0 saturated carbocycles. The van der Waals surface area contributed by atoms with Gasteiger partial charge in [-0.3, -0.25) is 9.59 Å². The number of nitrogens with zero attached hydrogens (tertiary/aromatic N) is 3. The number of amides is 2. The molecule has 2 aromatic heterocycles. The van der Waals surface area contributed by atoms with E-state index in [1.165, 1.54) is 11.3 Å². The molecular formula is C23H25N3O2S2. The molecule has 0 atom stereocenters. The summed E-state index contributed by atoms with van der Waals surface area (Å²) in [6.45, 7) is 4.14. The fourth-order valence-corrected chi connectivity index (χ4v) is 5.38. The molecule has 7 heteroatoms. The smallest absolute Gasteiger partial charge is 0.273 e. The molecule has 1 aliphatic heterocycles. The van der Waals surface area contributed by atoms with Crippen LogP contribution in [0.15, 0.2) is 52.5 Å². The molecule has 0 aliphatic carbocycles. The van der Waals surface area contributed by atoms with Crippen molar-refractivity contribution >= 4 is 34.5 Å². The SMILES string of the molecule is CCCN(C(=O)c1csc(-c2ccsc2)n1)C1CCN(C(=O)c2ccccc2)CC1. The maximum atomic E-state index is 13.2. The number of aromatic nitrogens is 1. The van der Waals surface area contributed by atoms with E-state index in [0.717, 1.165) is 35.4 Å². The average Bonchev–Trinajstić information content (AvgIpc) is 3.49. The van der Waals surface area contributed by atoms with Gasteiger partial charge in [0.25, 0.3) is 11.8 Å². The normalized spacial score (nSPS) is 14.6. The second-order valence-corrected chi connectivity index (χ2v) is 9.08. The largest absolute Gasteiger partial charge is 0.338 e. The number of carbonyl (C=O) groups excluding carboxylic acids is 2. The molecule has 4 rings (SSSR count). The van der Waals surface area contributed by atoms with Crippen LogP contribution < -0.4 is 0 Å². The lowest BCUT2D eigenvalue weighted by atomic mass is 10.0. The van der Waals surface area contributed by atoms with Crippen LogP contribution in [0.2, 0.25) is 0 Å². The van der Waals surface area contributed by atoms with Gasteiger partial charge in [0.1, 0.15) is 10.7 Å². The molecule has 156 valence electrons. The highest BCUT2D eigenvalue weighted by molar-refractivity contribution is 7.14. The Morgan fingerprint density at radius 1 is 1.13 bits per heavy atom. The lowest BCUT2D eigenvalue weighted by Gasteiger charge is -2.38. The highest BCUT2D eigenvalue weighted by atomic mass is 32.1. The average molecular weight is 440 g/mol. The van der Waals surface area contributed by atoms with E-state index in [-0.39, 0.29) is 17.9 Å². The zero-order valence-electron chi connectivity index (χ0n) is 17.0. The van der Waals surface area contributed by atoms with Crippen LogP contribution in [0.4, 0.5) is 0 Å². The van der Waals surface area contributed by atoms with Crippen LogP contribution >= 0.6 is 22.7 Å². The first-order valence-electron chi connectivity index (χ1n) is 10.3. The van der Waals surface area contributed by atoms with E-state index in [9.17, 15) is 9.59 Å². The first-order chi connectivity index (χ1) is 14.7. The lowest BCUT2D eigenvalue weighted by molar-refractivity contribution is 0.0516. The number of rotatable bonds is 6. The monoisotopic (exact) mass is 439 g/mol. The van der Waals surface area contributed by atoms with Crippen molar-refractivity contribution in [3.8, 4) is 10.6 Å². The van der Waals surface area contributed by atoms with Crippen LogP contribution in [-0.2, 0) is 0 Å². The Balaban J connectivity index is 1.42. The van der Waals surface area contributed by atoms with Crippen LogP contribution in [0.1, 0.15) is 47.0 Å². The molecule has 1 aliphatic rings. The van der Waals surface area contributed by atoms with Gasteiger partial charge in [0.05, 0.1) is 0 Å². The Morgan fingerprint density at radius 3 is 2.57 bits per heavy atom. The van der Waals surface area contributed by atoms with Gasteiger partial charge < -0.3 is 9.80 Å². The second kappa shape index (κ2) is 9.53. The maximum Gasteiger partial charge on any atom is 0.273 e. The molecular weight excluding hydrogens is 414 g/mol. The summed E-state index contributed by atoms with van der Waals surface area (Å²) in [5.41, 5.74) is 2.32. The number of likely N-dealkylation sites (tertiary alicyclic amines) is 1. The number of thiazole rings is 1. The zero-order chi connectivity index (χ0) is 20.9. The topological polar surface area (TPSA) is 53.5 Å². The van der Waals surface area contributed by atoms with Gasteiger partial charge in [0.2, 0.25) is 0 Å². The highest BCUT2D eigenvalue weighted by Gasteiger charge is 2.31. The molecule has 0 N–H and O–H groups in total. The molecule has 3 aromatic rings. The van der Waals surface area contributed by atoms with Crippen LogP contribution in [-0.4, -0.2) is 52.3 Å². The van der Waals surface area contributed by atoms with Crippen LogP contribution in [0.5, 0.6) is 0 Å². The van der Waals surface area contributed by atoms with Gasteiger partial charge in [-0.2, -0.15) is 11.3 Å². The Labute approximate surface area is 185 Å². The van der Waals surface area contributed by atoms with Gasteiger partial charge in [-0.1, -0.05) is 25.1 Å². The van der Waals surface area contributed by atoms with Crippen molar-refractivity contribution in [3.05, 3.63) is 63.8 Å². The van der Waals surface area contributed by atoms with E-state index in [2.05, 4.69) is 17.3 Å². The standard InChI is InChI=1S/C23H25N3O2S2/c1-2-11-26(23(28)20-16-30-21(24-20)18-10-14-29-15-18)19-8-12-25(13-9-19)22(27)17-6-4-3-5-7-17/h3-7,10,14-16,19H,2,8-9,11-13H2,1H3. The van der Waals surface area contributed by atoms with Gasteiger partial charge in [0.15, 0.2) is 0 Å². The van der Waals surface area contributed by atoms with Crippen LogP contribution in [0.3, 0.4) is 0 Å². The minimum absolute atomic E-state index is 0.00224. The van der Waals surface area contributed by atoms with E-state index in [4.69, 9.17) is 0 Å². The zero-order valence-corrected chi connectivity index (χ0v) is 18.6. The fraction of sp³-hybridized carbons (Fsp3) is 0.348. The third kappa shape index (κ3) is 4.47. The van der Waals surface area contributed by atoms with Crippen molar-refractivity contribution in [1.82, 2.24) is 14.8 Å². The summed E-state index contributed by atoms with van der Waals surface area (Å²) in [5.74, 6) is 0.0738. The Morgan fingerprint density at radius 2 is 1.90 bits per heavy atom. The predicted octanol–water partition coefficient (Wildman–Crippen LogP) is 5.03. The van der Waals surface area contributed by atoms with Crippen molar-refractivity contribution in [1.29, 1.82) is 0 Å². The Bertz CT molecular complexity index is 977. The van der Waals surface area contributed by atoms with E-state index >= 15 is 0 Å². The fourth-order valence-electron chi connectivity index (χ4n) is 3.87. The molecule has 2 amide bonds. The summed E-state index contributed by atoms with van der Waals surface area (Å²) >= 11 is 3.14. The summed E-state index contributed by atoms with van der Waals surface area (Å²) in [6, 6.07) is 11.6. The van der Waals surface area contributed by atoms with E-state index < -0.39 is 0 Å². The molecule has 3 heterocycles. The van der Waals surface area contributed by atoms with Gasteiger partial charge in [-0.25, -0.2) is 4.98 Å². The number of hydrogen-bond donors (Lipinski definition) is 0. The quantitative estimate of drug-likeness (QED) is 0.541. The highest BCUT2D eigenvalue weighted by Crippen LogP contribution is 2.27. The van der Waals surface area contributed by atoms with E-state index in [1.807, 2.05) is 57.0 Å². The summed E-state index contributed by atoms with van der Waals surface area (Å²) in [6.07, 6.45) is 2.49. The lowest BCUT2D eigenvalue weighted by Crippen LogP contribution is -2.49. The van der Waals surface area contributed by atoms with Gasteiger partial charge in [0, 0.05) is 47.6 Å². The van der Waals surface area contributed by atoms with Gasteiger partial charge in [-0.05, 0) is 42.8 Å². The molecule has 0 unspecified atom stereocenters. The van der Waals surface area contributed by atoms with Crippen LogP contribution in [0.25, 0.3) is 10.6 Å². The number of hydrogen-bond acceptors (Lipinski definition) is 5. The summed E-state index contributed by atoms with van der Waals surface area (Å²) in [7, 11) is 0. The van der Waals surface area contributed by atoms with Crippen molar-refractivity contribution in [2.24, 2.45) is 0 Å². The maximum absolute atomic E-state index is 13.2. The molecule has 0 bridgehead atoms. The first kappa shape index (κ1) is 20.8. The summed E-state index contributed by atoms with van der Waals surface area (Å²) in [5, 5.41) is 6.83.